The Morgan fingerprint density at radius 3 is 1.54 bits per heavy atom. The molecule has 0 saturated carbocycles. The number of esters is 1. The minimum atomic E-state index is -0.446. The Hall–Kier alpha value is -2.22. The number of carbonyl (C=O) groups is 1. The second-order valence-corrected chi connectivity index (χ2v) is 8.71. The fraction of sp³-hybridized carbons (Fsp3) is 0.125. The SMILES string of the molecule is C/C=C/C(=O)OCCBr.c1ccc(P(c2ccccc2)c2ccccc2)cc1. The zero-order valence-electron chi connectivity index (χ0n) is 15.9. The first-order valence-corrected chi connectivity index (χ1v) is 11.5. The van der Waals surface area contributed by atoms with E-state index in [-0.39, 0.29) is 5.97 Å². The van der Waals surface area contributed by atoms with Gasteiger partial charge in [-0.15, -0.1) is 0 Å². The summed E-state index contributed by atoms with van der Waals surface area (Å²) in [6.07, 6.45) is 3.04. The number of rotatable bonds is 6. The fourth-order valence-corrected chi connectivity index (χ4v) is 4.97. The third-order valence-corrected chi connectivity index (χ3v) is 6.43. The van der Waals surface area contributed by atoms with Gasteiger partial charge in [-0.1, -0.05) is 113 Å². The first-order chi connectivity index (χ1) is 13.8. The van der Waals surface area contributed by atoms with E-state index in [2.05, 4.69) is 112 Å². The molecule has 28 heavy (non-hydrogen) atoms. The quantitative estimate of drug-likeness (QED) is 0.228. The second-order valence-electron chi connectivity index (χ2n) is 5.70. The lowest BCUT2D eigenvalue weighted by atomic mass is 10.4. The third-order valence-electron chi connectivity index (χ3n) is 3.67. The standard InChI is InChI=1S/C18H15P.C6H9BrO2/c1-4-10-16(11-5-1)19(17-12-6-2-7-13-17)18-14-8-3-9-15-18;1-2-3-6(8)9-5-4-7/h1-15H;2-3H,4-5H2,1H3/b;3-2+. The van der Waals surface area contributed by atoms with Crippen molar-refractivity contribution in [2.45, 2.75) is 6.92 Å². The van der Waals surface area contributed by atoms with Crippen LogP contribution in [0.25, 0.3) is 0 Å². The Morgan fingerprint density at radius 2 is 1.21 bits per heavy atom. The summed E-state index contributed by atoms with van der Waals surface area (Å²) < 4.78 is 4.66. The summed E-state index contributed by atoms with van der Waals surface area (Å²) in [5.41, 5.74) is 0. The highest BCUT2D eigenvalue weighted by Crippen LogP contribution is 2.32. The van der Waals surface area contributed by atoms with E-state index < -0.39 is 7.92 Å². The van der Waals surface area contributed by atoms with E-state index in [9.17, 15) is 4.79 Å². The van der Waals surface area contributed by atoms with Crippen LogP contribution in [-0.4, -0.2) is 17.9 Å². The van der Waals surface area contributed by atoms with Crippen LogP contribution in [0.5, 0.6) is 0 Å². The number of halogens is 1. The van der Waals surface area contributed by atoms with Crippen molar-refractivity contribution in [1.29, 1.82) is 0 Å². The number of ether oxygens (including phenoxy) is 1. The highest BCUT2D eigenvalue weighted by atomic mass is 79.9. The number of benzene rings is 3. The van der Waals surface area contributed by atoms with Crippen molar-refractivity contribution in [1.82, 2.24) is 0 Å². The van der Waals surface area contributed by atoms with Crippen molar-refractivity contribution >= 4 is 45.7 Å². The van der Waals surface area contributed by atoms with Crippen LogP contribution in [0.1, 0.15) is 6.92 Å². The van der Waals surface area contributed by atoms with Gasteiger partial charge in [0, 0.05) is 11.4 Å². The van der Waals surface area contributed by atoms with Gasteiger partial charge in [0.05, 0.1) is 0 Å². The Morgan fingerprint density at radius 1 is 0.821 bits per heavy atom. The largest absolute Gasteiger partial charge is 0.462 e. The third kappa shape index (κ3) is 7.42. The van der Waals surface area contributed by atoms with E-state index in [1.165, 1.54) is 22.0 Å². The van der Waals surface area contributed by atoms with Gasteiger partial charge in [0.25, 0.3) is 0 Å². The average molecular weight is 455 g/mol. The summed E-state index contributed by atoms with van der Waals surface area (Å²) in [7, 11) is -0.446. The number of hydrogen-bond donors (Lipinski definition) is 0. The topological polar surface area (TPSA) is 26.3 Å². The number of hydrogen-bond acceptors (Lipinski definition) is 2. The van der Waals surface area contributed by atoms with Gasteiger partial charge < -0.3 is 4.74 Å². The molecule has 0 amide bonds. The molecule has 0 aromatic heterocycles. The molecule has 0 unspecified atom stereocenters. The van der Waals surface area contributed by atoms with Crippen LogP contribution >= 0.6 is 23.9 Å². The summed E-state index contributed by atoms with van der Waals surface area (Å²) in [6.45, 7) is 2.21. The van der Waals surface area contributed by atoms with Crippen LogP contribution in [0.3, 0.4) is 0 Å². The molecule has 0 heterocycles. The summed E-state index contributed by atoms with van der Waals surface area (Å²) in [5.74, 6) is -0.281. The van der Waals surface area contributed by atoms with Crippen LogP contribution in [0.4, 0.5) is 0 Å². The zero-order valence-corrected chi connectivity index (χ0v) is 18.4. The van der Waals surface area contributed by atoms with E-state index >= 15 is 0 Å². The van der Waals surface area contributed by atoms with Gasteiger partial charge in [0.1, 0.15) is 6.61 Å². The molecule has 3 aromatic rings. The number of alkyl halides is 1. The lowest BCUT2D eigenvalue weighted by molar-refractivity contribution is -0.137. The fourth-order valence-electron chi connectivity index (χ4n) is 2.50. The Kier molecular flexibility index (Phi) is 10.3. The van der Waals surface area contributed by atoms with Crippen molar-refractivity contribution in [2.24, 2.45) is 0 Å². The van der Waals surface area contributed by atoms with E-state index in [0.717, 1.165) is 0 Å². The van der Waals surface area contributed by atoms with Crippen molar-refractivity contribution in [3.63, 3.8) is 0 Å². The molecule has 0 saturated heterocycles. The van der Waals surface area contributed by atoms with Crippen molar-refractivity contribution < 1.29 is 9.53 Å². The number of carbonyl (C=O) groups excluding carboxylic acids is 1. The predicted octanol–water partition coefficient (Wildman–Crippen LogP) is 4.95. The molecule has 2 nitrogen and oxygen atoms in total. The van der Waals surface area contributed by atoms with Gasteiger partial charge in [0.15, 0.2) is 0 Å². The van der Waals surface area contributed by atoms with Gasteiger partial charge in [-0.2, -0.15) is 0 Å². The van der Waals surface area contributed by atoms with E-state index in [4.69, 9.17) is 0 Å². The smallest absolute Gasteiger partial charge is 0.330 e. The van der Waals surface area contributed by atoms with Crippen LogP contribution in [-0.2, 0) is 9.53 Å². The summed E-state index contributed by atoms with van der Waals surface area (Å²) in [4.78, 5) is 10.5. The van der Waals surface area contributed by atoms with Crippen LogP contribution in [0.15, 0.2) is 103 Å². The highest BCUT2D eigenvalue weighted by molar-refractivity contribution is 9.09. The molecule has 4 heteroatoms. The van der Waals surface area contributed by atoms with Gasteiger partial charge >= 0.3 is 5.97 Å². The summed E-state index contributed by atoms with van der Waals surface area (Å²) >= 11 is 3.13. The Balaban J connectivity index is 0.000000266. The first kappa shape index (κ1) is 22.1. The van der Waals surface area contributed by atoms with Gasteiger partial charge in [-0.05, 0) is 30.8 Å². The molecule has 0 aliphatic rings. The van der Waals surface area contributed by atoms with Crippen LogP contribution < -0.4 is 15.9 Å². The normalized spacial score (nSPS) is 10.4. The maximum absolute atomic E-state index is 10.5. The highest BCUT2D eigenvalue weighted by Gasteiger charge is 2.14. The molecule has 0 aliphatic carbocycles. The lowest BCUT2D eigenvalue weighted by Gasteiger charge is -2.18. The van der Waals surface area contributed by atoms with E-state index in [1.807, 2.05) is 0 Å². The van der Waals surface area contributed by atoms with Crippen LogP contribution in [0, 0.1) is 0 Å². The molecule has 0 bridgehead atoms. The molecule has 0 atom stereocenters. The first-order valence-electron chi connectivity index (χ1n) is 9.07. The molecule has 0 radical (unpaired) electrons. The van der Waals surface area contributed by atoms with Crippen molar-refractivity contribution in [2.75, 3.05) is 11.9 Å². The minimum Gasteiger partial charge on any atom is -0.462 e. The minimum absolute atomic E-state index is 0.281. The zero-order chi connectivity index (χ0) is 20.0. The molecular weight excluding hydrogens is 431 g/mol. The molecule has 144 valence electrons. The van der Waals surface area contributed by atoms with Gasteiger partial charge in [0.2, 0.25) is 0 Å². The Bertz CT molecular complexity index is 742. The van der Waals surface area contributed by atoms with E-state index in [0.29, 0.717) is 11.9 Å². The number of allylic oxidation sites excluding steroid dienone is 1. The van der Waals surface area contributed by atoms with E-state index in [1.54, 1.807) is 13.0 Å². The molecule has 0 aliphatic heterocycles. The monoisotopic (exact) mass is 454 g/mol. The maximum Gasteiger partial charge on any atom is 0.330 e. The molecular formula is C24H24BrO2P. The molecule has 0 fully saturated rings. The summed E-state index contributed by atoms with van der Waals surface area (Å²) in [6, 6.07) is 32.3. The maximum atomic E-state index is 10.5. The molecule has 3 aromatic carbocycles. The molecule has 3 rings (SSSR count). The van der Waals surface area contributed by atoms with Crippen LogP contribution in [0.2, 0.25) is 0 Å². The lowest BCUT2D eigenvalue weighted by Crippen LogP contribution is -2.20. The predicted molar refractivity (Wildman–Crippen MR) is 125 cm³/mol. The summed E-state index contributed by atoms with van der Waals surface area (Å²) in [5, 5.41) is 4.88. The van der Waals surface area contributed by atoms with Crippen molar-refractivity contribution in [3.05, 3.63) is 103 Å². The molecule has 0 N–H and O–H groups in total. The molecule has 0 spiro atoms. The second kappa shape index (κ2) is 13.0. The van der Waals surface area contributed by atoms with Crippen molar-refractivity contribution in [3.8, 4) is 0 Å². The van der Waals surface area contributed by atoms with Gasteiger partial charge in [-0.25, -0.2) is 4.79 Å². The average Bonchev–Trinajstić information content (AvgIpc) is 2.75. The Labute approximate surface area is 177 Å². The van der Waals surface area contributed by atoms with Gasteiger partial charge in [-0.3, -0.25) is 0 Å².